The first-order valence-electron chi connectivity index (χ1n) is 13.6. The fraction of sp³-hybridized carbons (Fsp3) is 0.242. The van der Waals surface area contributed by atoms with Crippen LogP contribution >= 0.6 is 0 Å². The molecule has 1 fully saturated rings. The number of aromatic hydroxyl groups is 1. The monoisotopic (exact) mass is 555 g/mol. The Hall–Kier alpha value is -4.10. The zero-order valence-electron chi connectivity index (χ0n) is 22.4. The summed E-state index contributed by atoms with van der Waals surface area (Å²) in [6, 6.07) is 27.8. The van der Waals surface area contributed by atoms with Crippen LogP contribution in [-0.2, 0) is 16.4 Å². The molecule has 0 spiro atoms. The largest absolute Gasteiger partial charge is 0.507 e. The van der Waals surface area contributed by atoms with Gasteiger partial charge in [-0.15, -0.1) is 0 Å². The molecule has 0 radical (unpaired) electrons. The fourth-order valence-corrected chi connectivity index (χ4v) is 6.03. The number of anilines is 1. The van der Waals surface area contributed by atoms with Gasteiger partial charge in [0.25, 0.3) is 10.0 Å². The minimum Gasteiger partial charge on any atom is -0.507 e. The highest BCUT2D eigenvalue weighted by Crippen LogP contribution is 2.48. The van der Waals surface area contributed by atoms with Gasteiger partial charge in [-0.25, -0.2) is 13.2 Å². The number of hydrogen-bond acceptors (Lipinski definition) is 5. The minimum atomic E-state index is -3.77. The topological polar surface area (TPSA) is 96.6 Å². The molecule has 7 heteroatoms. The molecule has 2 atom stereocenters. The van der Waals surface area contributed by atoms with Crippen LogP contribution in [0, 0.1) is 5.92 Å². The second-order valence-corrected chi connectivity index (χ2v) is 11.9. The van der Waals surface area contributed by atoms with Crippen molar-refractivity contribution in [3.8, 4) is 5.75 Å². The third kappa shape index (κ3) is 6.72. The van der Waals surface area contributed by atoms with Gasteiger partial charge in [-0.3, -0.25) is 4.72 Å². The molecule has 6 nitrogen and oxygen atoms in total. The number of hydrogen-bond donors (Lipinski definition) is 2. The average Bonchev–Trinajstić information content (AvgIpc) is 3.79. The van der Waals surface area contributed by atoms with Gasteiger partial charge in [0.1, 0.15) is 11.5 Å². The molecule has 1 aliphatic rings. The zero-order valence-corrected chi connectivity index (χ0v) is 23.2. The van der Waals surface area contributed by atoms with E-state index in [9.17, 15) is 18.3 Å². The SMILES string of the molecule is CCC(Cc1ccccc1)c1cc(O)c(C(c2cccc(NS(=O)(=O)/C=C/c3ccccc3)c2)C2CC2)c(=O)o1. The molecule has 3 aromatic carbocycles. The van der Waals surface area contributed by atoms with Crippen molar-refractivity contribution in [3.63, 3.8) is 0 Å². The Labute approximate surface area is 235 Å². The van der Waals surface area contributed by atoms with E-state index in [2.05, 4.69) is 4.72 Å². The van der Waals surface area contributed by atoms with Crippen LogP contribution < -0.4 is 10.3 Å². The lowest BCUT2D eigenvalue weighted by Crippen LogP contribution is -2.18. The molecule has 0 saturated heterocycles. The Morgan fingerprint density at radius 3 is 2.33 bits per heavy atom. The van der Waals surface area contributed by atoms with Crippen molar-refractivity contribution in [1.29, 1.82) is 0 Å². The molecule has 2 unspecified atom stereocenters. The lowest BCUT2D eigenvalue weighted by atomic mass is 9.86. The quantitative estimate of drug-likeness (QED) is 0.207. The van der Waals surface area contributed by atoms with Crippen molar-refractivity contribution in [2.75, 3.05) is 4.72 Å². The van der Waals surface area contributed by atoms with Gasteiger partial charge in [0.2, 0.25) is 0 Å². The van der Waals surface area contributed by atoms with E-state index in [0.717, 1.165) is 41.4 Å². The summed E-state index contributed by atoms with van der Waals surface area (Å²) < 4.78 is 33.9. The van der Waals surface area contributed by atoms with E-state index >= 15 is 0 Å². The normalized spacial score (nSPS) is 15.1. The number of rotatable bonds is 11. The highest BCUT2D eigenvalue weighted by molar-refractivity contribution is 7.95. The van der Waals surface area contributed by atoms with E-state index in [1.54, 1.807) is 24.3 Å². The molecule has 4 aromatic rings. The molecule has 5 rings (SSSR count). The van der Waals surface area contributed by atoms with Crippen LogP contribution in [0.25, 0.3) is 6.08 Å². The maximum absolute atomic E-state index is 13.4. The average molecular weight is 556 g/mol. The van der Waals surface area contributed by atoms with Gasteiger partial charge in [0.05, 0.1) is 11.0 Å². The maximum atomic E-state index is 13.4. The third-order valence-electron chi connectivity index (χ3n) is 7.35. The molecule has 0 aliphatic heterocycles. The molecule has 1 aliphatic carbocycles. The molecule has 1 saturated carbocycles. The summed E-state index contributed by atoms with van der Waals surface area (Å²) in [6.45, 7) is 2.03. The second-order valence-electron chi connectivity index (χ2n) is 10.3. The Morgan fingerprint density at radius 1 is 0.975 bits per heavy atom. The van der Waals surface area contributed by atoms with Crippen LogP contribution in [0.15, 0.2) is 106 Å². The lowest BCUT2D eigenvalue weighted by molar-refractivity contribution is 0.379. The summed E-state index contributed by atoms with van der Waals surface area (Å²) in [5, 5.41) is 12.3. The molecular formula is C33H33NO5S. The first-order chi connectivity index (χ1) is 19.3. The summed E-state index contributed by atoms with van der Waals surface area (Å²) in [4.78, 5) is 13.4. The van der Waals surface area contributed by atoms with Gasteiger partial charge in [0, 0.05) is 23.6 Å². The standard InChI is InChI=1S/C33H33NO5S/c1-2-25(20-24-12-7-4-8-13-24)30-22-29(35)32(33(36)39-30)31(26-16-17-26)27-14-9-15-28(21-27)34-40(37,38)19-18-23-10-5-3-6-11-23/h3-15,18-19,21-22,25-26,31,34-35H,2,16-17,20H2,1H3/b19-18+. The van der Waals surface area contributed by atoms with Crippen molar-refractivity contribution in [2.24, 2.45) is 5.92 Å². The smallest absolute Gasteiger partial charge is 0.343 e. The van der Waals surface area contributed by atoms with E-state index in [1.165, 1.54) is 6.08 Å². The Balaban J connectivity index is 1.41. The van der Waals surface area contributed by atoms with Crippen molar-refractivity contribution in [2.45, 2.75) is 44.4 Å². The molecule has 1 heterocycles. The number of nitrogens with one attached hydrogen (secondary N) is 1. The predicted molar refractivity (Wildman–Crippen MR) is 159 cm³/mol. The van der Waals surface area contributed by atoms with E-state index < -0.39 is 21.6 Å². The van der Waals surface area contributed by atoms with Crippen molar-refractivity contribution in [3.05, 3.63) is 135 Å². The highest BCUT2D eigenvalue weighted by Gasteiger charge is 2.37. The molecule has 0 amide bonds. The summed E-state index contributed by atoms with van der Waals surface area (Å²) in [6.07, 6.45) is 4.81. The van der Waals surface area contributed by atoms with E-state index in [1.807, 2.05) is 73.7 Å². The lowest BCUT2D eigenvalue weighted by Gasteiger charge is -2.20. The number of benzene rings is 3. The van der Waals surface area contributed by atoms with E-state index in [4.69, 9.17) is 4.42 Å². The summed E-state index contributed by atoms with van der Waals surface area (Å²) in [5.41, 5.74) is 2.72. The van der Waals surface area contributed by atoms with Crippen molar-refractivity contribution < 1.29 is 17.9 Å². The molecule has 0 bridgehead atoms. The Morgan fingerprint density at radius 2 is 1.68 bits per heavy atom. The van der Waals surface area contributed by atoms with Crippen LogP contribution in [-0.4, -0.2) is 13.5 Å². The van der Waals surface area contributed by atoms with Gasteiger partial charge in [-0.1, -0.05) is 79.7 Å². The predicted octanol–water partition coefficient (Wildman–Crippen LogP) is 7.04. The third-order valence-corrected chi connectivity index (χ3v) is 8.37. The molecule has 40 heavy (non-hydrogen) atoms. The first kappa shape index (κ1) is 27.5. The maximum Gasteiger partial charge on any atom is 0.343 e. The Bertz CT molecular complexity index is 1640. The first-order valence-corrected chi connectivity index (χ1v) is 15.1. The molecule has 1 aromatic heterocycles. The Kier molecular flexibility index (Phi) is 8.21. The second kappa shape index (κ2) is 12.0. The van der Waals surface area contributed by atoms with Crippen LogP contribution in [0.5, 0.6) is 5.75 Å². The van der Waals surface area contributed by atoms with Gasteiger partial charge in [-0.05, 0) is 66.5 Å². The number of sulfonamides is 1. The van der Waals surface area contributed by atoms with Crippen molar-refractivity contribution >= 4 is 21.8 Å². The van der Waals surface area contributed by atoms with Crippen LogP contribution in [0.3, 0.4) is 0 Å². The molecule has 206 valence electrons. The van der Waals surface area contributed by atoms with Gasteiger partial charge in [0.15, 0.2) is 0 Å². The summed E-state index contributed by atoms with van der Waals surface area (Å²) >= 11 is 0. The highest BCUT2D eigenvalue weighted by atomic mass is 32.2. The fourth-order valence-electron chi connectivity index (χ4n) is 5.17. The van der Waals surface area contributed by atoms with Crippen LogP contribution in [0.4, 0.5) is 5.69 Å². The van der Waals surface area contributed by atoms with Crippen molar-refractivity contribution in [1.82, 2.24) is 0 Å². The van der Waals surface area contributed by atoms with Gasteiger partial charge in [-0.2, -0.15) is 0 Å². The zero-order chi connectivity index (χ0) is 28.1. The minimum absolute atomic E-state index is 0.0453. The van der Waals surface area contributed by atoms with Crippen LogP contribution in [0.2, 0.25) is 0 Å². The van der Waals surface area contributed by atoms with E-state index in [0.29, 0.717) is 17.9 Å². The summed E-state index contributed by atoms with van der Waals surface area (Å²) in [7, 11) is -3.77. The van der Waals surface area contributed by atoms with E-state index in [-0.39, 0.29) is 23.1 Å². The molecular weight excluding hydrogens is 522 g/mol. The van der Waals surface area contributed by atoms with Gasteiger partial charge < -0.3 is 9.52 Å². The summed E-state index contributed by atoms with van der Waals surface area (Å²) in [5.74, 6) is 0.112. The van der Waals surface area contributed by atoms with Crippen LogP contribution in [0.1, 0.15) is 66.0 Å². The molecule has 2 N–H and O–H groups in total. The van der Waals surface area contributed by atoms with Gasteiger partial charge >= 0.3 is 5.63 Å².